The predicted molar refractivity (Wildman–Crippen MR) is 109 cm³/mol. The lowest BCUT2D eigenvalue weighted by Crippen LogP contribution is -2.16. The fraction of sp³-hybridized carbons (Fsp3) is 0.200. The van der Waals surface area contributed by atoms with Crippen molar-refractivity contribution in [2.75, 3.05) is 19.0 Å². The van der Waals surface area contributed by atoms with Crippen LogP contribution in [0.15, 0.2) is 69.5 Å². The molecule has 0 unspecified atom stereocenters. The molecule has 0 aliphatic rings. The summed E-state index contributed by atoms with van der Waals surface area (Å²) >= 11 is 0.912. The van der Waals surface area contributed by atoms with Gasteiger partial charge in [0, 0.05) is 20.2 Å². The molecule has 0 atom stereocenters. The molecule has 0 fully saturated rings. The lowest BCUT2D eigenvalue weighted by atomic mass is 10.2. The van der Waals surface area contributed by atoms with E-state index in [0.717, 1.165) is 23.4 Å². The number of alkyl halides is 3. The van der Waals surface area contributed by atoms with Crippen molar-refractivity contribution in [2.45, 2.75) is 23.0 Å². The van der Waals surface area contributed by atoms with Gasteiger partial charge < -0.3 is 9.32 Å². The van der Waals surface area contributed by atoms with Gasteiger partial charge in [-0.15, -0.1) is 10.2 Å². The molecule has 31 heavy (non-hydrogen) atoms. The van der Waals surface area contributed by atoms with Gasteiger partial charge in [0.05, 0.1) is 12.8 Å². The smallest absolute Gasteiger partial charge is 0.433 e. The predicted octanol–water partition coefficient (Wildman–Crippen LogP) is 4.61. The van der Waals surface area contributed by atoms with Gasteiger partial charge in [-0.3, -0.25) is 4.57 Å². The first-order chi connectivity index (χ1) is 14.8. The minimum atomic E-state index is -4.60. The zero-order valence-corrected chi connectivity index (χ0v) is 17.4. The highest BCUT2D eigenvalue weighted by Crippen LogP contribution is 2.34. The summed E-state index contributed by atoms with van der Waals surface area (Å²) < 4.78 is 47.2. The van der Waals surface area contributed by atoms with E-state index in [2.05, 4.69) is 20.2 Å². The van der Waals surface area contributed by atoms with Gasteiger partial charge in [0.2, 0.25) is 5.82 Å². The minimum Gasteiger partial charge on any atom is -0.461 e. The van der Waals surface area contributed by atoms with Gasteiger partial charge in [-0.05, 0) is 29.5 Å². The van der Waals surface area contributed by atoms with Crippen LogP contribution >= 0.6 is 11.8 Å². The quantitative estimate of drug-likeness (QED) is 0.401. The number of anilines is 1. The van der Waals surface area contributed by atoms with Crippen molar-refractivity contribution in [1.82, 2.24) is 24.7 Å². The van der Waals surface area contributed by atoms with Crippen LogP contribution in [-0.2, 0) is 12.7 Å². The minimum absolute atomic E-state index is 0.0776. The van der Waals surface area contributed by atoms with E-state index in [1.165, 1.54) is 11.2 Å². The standard InChI is InChI=1S/C20H17F3N6OS/c1-28(2)16-11-15(20(21,22)23)24-18(25-16)31-19-27-26-17(14-9-6-10-30-14)29(19)12-13-7-4-3-5-8-13/h3-11H,12H2,1-2H3. The van der Waals surface area contributed by atoms with Gasteiger partial charge in [-0.1, -0.05) is 30.3 Å². The van der Waals surface area contributed by atoms with Crippen LogP contribution in [0.1, 0.15) is 11.3 Å². The number of hydrogen-bond acceptors (Lipinski definition) is 7. The second-order valence-electron chi connectivity index (χ2n) is 6.74. The topological polar surface area (TPSA) is 72.9 Å². The van der Waals surface area contributed by atoms with Gasteiger partial charge in [0.1, 0.15) is 5.82 Å². The fourth-order valence-electron chi connectivity index (χ4n) is 2.78. The summed E-state index contributed by atoms with van der Waals surface area (Å²) in [5.74, 6) is 1.09. The molecule has 0 radical (unpaired) electrons. The maximum atomic E-state index is 13.3. The monoisotopic (exact) mass is 446 g/mol. The van der Waals surface area contributed by atoms with Crippen molar-refractivity contribution in [2.24, 2.45) is 0 Å². The third-order valence-corrected chi connectivity index (χ3v) is 5.11. The van der Waals surface area contributed by atoms with Crippen LogP contribution in [0.4, 0.5) is 19.0 Å². The van der Waals surface area contributed by atoms with Gasteiger partial charge in [-0.25, -0.2) is 9.97 Å². The van der Waals surface area contributed by atoms with Gasteiger partial charge in [0.25, 0.3) is 0 Å². The average Bonchev–Trinajstić information content (AvgIpc) is 3.38. The number of benzene rings is 1. The SMILES string of the molecule is CN(C)c1cc(C(F)(F)F)nc(Sc2nnc(-c3ccco3)n2Cc2ccccc2)n1. The molecule has 11 heteroatoms. The fourth-order valence-corrected chi connectivity index (χ4v) is 3.56. The van der Waals surface area contributed by atoms with E-state index in [4.69, 9.17) is 4.42 Å². The molecular formula is C20H17F3N6OS. The Bertz CT molecular complexity index is 1160. The molecule has 3 heterocycles. The summed E-state index contributed by atoms with van der Waals surface area (Å²) in [5, 5.41) is 8.63. The highest BCUT2D eigenvalue weighted by Gasteiger charge is 2.34. The van der Waals surface area contributed by atoms with Crippen LogP contribution in [-0.4, -0.2) is 38.8 Å². The van der Waals surface area contributed by atoms with Crippen LogP contribution in [0.2, 0.25) is 0 Å². The molecule has 4 rings (SSSR count). The normalized spacial score (nSPS) is 11.6. The average molecular weight is 446 g/mol. The molecule has 1 aromatic carbocycles. The van der Waals surface area contributed by atoms with E-state index in [9.17, 15) is 13.2 Å². The maximum Gasteiger partial charge on any atom is 0.433 e. The first-order valence-corrected chi connectivity index (χ1v) is 9.95. The van der Waals surface area contributed by atoms with E-state index in [1.54, 1.807) is 30.8 Å². The Morgan fingerprint density at radius 2 is 1.81 bits per heavy atom. The molecule has 0 amide bonds. The molecule has 0 saturated carbocycles. The Labute approximate surface area is 180 Å². The number of rotatable bonds is 6. The van der Waals surface area contributed by atoms with Gasteiger partial charge in [0.15, 0.2) is 21.8 Å². The summed E-state index contributed by atoms with van der Waals surface area (Å²) in [6.07, 6.45) is -3.08. The molecule has 0 aliphatic heterocycles. The van der Waals surface area contributed by atoms with E-state index in [0.29, 0.717) is 23.3 Å². The van der Waals surface area contributed by atoms with E-state index >= 15 is 0 Å². The van der Waals surface area contributed by atoms with Crippen LogP contribution < -0.4 is 4.90 Å². The van der Waals surface area contributed by atoms with Crippen molar-refractivity contribution in [3.63, 3.8) is 0 Å². The number of furan rings is 1. The van der Waals surface area contributed by atoms with Crippen molar-refractivity contribution in [3.05, 3.63) is 66.1 Å². The molecule has 0 spiro atoms. The summed E-state index contributed by atoms with van der Waals surface area (Å²) in [6, 6.07) is 14.0. The van der Waals surface area contributed by atoms with Crippen molar-refractivity contribution < 1.29 is 17.6 Å². The number of hydrogen-bond donors (Lipinski definition) is 0. The number of aromatic nitrogens is 5. The Morgan fingerprint density at radius 3 is 2.45 bits per heavy atom. The van der Waals surface area contributed by atoms with Crippen LogP contribution in [0.5, 0.6) is 0 Å². The Balaban J connectivity index is 1.76. The lowest BCUT2D eigenvalue weighted by molar-refractivity contribution is -0.141. The molecule has 0 bridgehead atoms. The Kier molecular flexibility index (Phi) is 5.68. The molecule has 0 aliphatic carbocycles. The van der Waals surface area contributed by atoms with Crippen LogP contribution in [0, 0.1) is 0 Å². The van der Waals surface area contributed by atoms with E-state index in [1.807, 2.05) is 30.3 Å². The second kappa shape index (κ2) is 8.42. The van der Waals surface area contributed by atoms with E-state index in [-0.39, 0.29) is 11.0 Å². The number of halogens is 3. The summed E-state index contributed by atoms with van der Waals surface area (Å²) in [5.41, 5.74) is -0.0509. The molecule has 0 saturated heterocycles. The molecule has 4 aromatic rings. The lowest BCUT2D eigenvalue weighted by Gasteiger charge is -2.15. The van der Waals surface area contributed by atoms with E-state index < -0.39 is 11.9 Å². The zero-order chi connectivity index (χ0) is 22.0. The second-order valence-corrected chi connectivity index (χ2v) is 7.68. The van der Waals surface area contributed by atoms with Gasteiger partial charge in [-0.2, -0.15) is 13.2 Å². The summed E-state index contributed by atoms with van der Waals surface area (Å²) in [7, 11) is 3.23. The third-order valence-electron chi connectivity index (χ3n) is 4.27. The number of nitrogens with zero attached hydrogens (tertiary/aromatic N) is 6. The molecule has 7 nitrogen and oxygen atoms in total. The Hall–Kier alpha value is -3.34. The third kappa shape index (κ3) is 4.71. The van der Waals surface area contributed by atoms with Crippen molar-refractivity contribution in [3.8, 4) is 11.6 Å². The Morgan fingerprint density at radius 1 is 1.03 bits per heavy atom. The molecule has 3 aromatic heterocycles. The van der Waals surface area contributed by atoms with Crippen LogP contribution in [0.3, 0.4) is 0 Å². The highest BCUT2D eigenvalue weighted by atomic mass is 32.2. The first kappa shape index (κ1) is 20.9. The maximum absolute atomic E-state index is 13.3. The molecular weight excluding hydrogens is 429 g/mol. The first-order valence-electron chi connectivity index (χ1n) is 9.14. The zero-order valence-electron chi connectivity index (χ0n) is 16.5. The largest absolute Gasteiger partial charge is 0.461 e. The highest BCUT2D eigenvalue weighted by molar-refractivity contribution is 7.99. The molecule has 0 N–H and O–H groups in total. The summed E-state index contributed by atoms with van der Waals surface area (Å²) in [4.78, 5) is 9.42. The van der Waals surface area contributed by atoms with Gasteiger partial charge >= 0.3 is 6.18 Å². The van der Waals surface area contributed by atoms with Crippen molar-refractivity contribution in [1.29, 1.82) is 0 Å². The van der Waals surface area contributed by atoms with Crippen LogP contribution in [0.25, 0.3) is 11.6 Å². The van der Waals surface area contributed by atoms with Crippen molar-refractivity contribution >= 4 is 17.6 Å². The summed E-state index contributed by atoms with van der Waals surface area (Å²) in [6.45, 7) is 0.395. The molecule has 160 valence electrons.